The van der Waals surface area contributed by atoms with E-state index in [1.54, 1.807) is 0 Å². The minimum Gasteiger partial charge on any atom is -0.373 e. The van der Waals surface area contributed by atoms with E-state index in [4.69, 9.17) is 0 Å². The van der Waals surface area contributed by atoms with Gasteiger partial charge in [0.25, 0.3) is 0 Å². The van der Waals surface area contributed by atoms with Gasteiger partial charge in [-0.15, -0.1) is 11.3 Å². The third-order valence-electron chi connectivity index (χ3n) is 2.26. The maximum Gasteiger partial charge on any atom is 0.451 e. The van der Waals surface area contributed by atoms with Crippen molar-refractivity contribution in [2.24, 2.45) is 0 Å². The van der Waals surface area contributed by atoms with E-state index < -0.39 is 12.0 Å². The molecule has 102 valence electrons. The van der Waals surface area contributed by atoms with Gasteiger partial charge in [-0.2, -0.15) is 13.2 Å². The van der Waals surface area contributed by atoms with E-state index in [2.05, 4.69) is 20.6 Å². The van der Waals surface area contributed by atoms with Crippen molar-refractivity contribution in [3.8, 4) is 0 Å². The van der Waals surface area contributed by atoms with E-state index in [-0.39, 0.29) is 11.6 Å². The Morgan fingerprint density at radius 3 is 2.58 bits per heavy atom. The van der Waals surface area contributed by atoms with Crippen LogP contribution >= 0.6 is 11.3 Å². The highest BCUT2D eigenvalue weighted by Crippen LogP contribution is 2.28. The number of hydrogen-bond acceptors (Lipinski definition) is 5. The standard InChI is InChI=1S/C11H11F3N4S/c1-15-8-5-9(16-6-7-3-2-4-19-7)18-10(17-8)11(12,13)14/h2-5H,6H2,1H3,(H2,15,16,17,18). The zero-order chi connectivity index (χ0) is 13.9. The summed E-state index contributed by atoms with van der Waals surface area (Å²) in [6.07, 6.45) is -4.56. The first-order chi connectivity index (χ1) is 8.99. The Bertz CT molecular complexity index is 539. The summed E-state index contributed by atoms with van der Waals surface area (Å²) in [7, 11) is 1.51. The lowest BCUT2D eigenvalue weighted by molar-refractivity contribution is -0.144. The van der Waals surface area contributed by atoms with Gasteiger partial charge in [0.1, 0.15) is 11.6 Å². The number of nitrogens with one attached hydrogen (secondary N) is 2. The summed E-state index contributed by atoms with van der Waals surface area (Å²) in [6.45, 7) is 0.426. The number of anilines is 2. The van der Waals surface area contributed by atoms with Crippen molar-refractivity contribution < 1.29 is 13.2 Å². The third kappa shape index (κ3) is 3.57. The average molecular weight is 288 g/mol. The van der Waals surface area contributed by atoms with Crippen LogP contribution in [0.3, 0.4) is 0 Å². The van der Waals surface area contributed by atoms with Crippen LogP contribution in [-0.2, 0) is 12.7 Å². The second-order valence-corrected chi connectivity index (χ2v) is 4.67. The lowest BCUT2D eigenvalue weighted by atomic mass is 10.4. The average Bonchev–Trinajstić information content (AvgIpc) is 2.88. The van der Waals surface area contributed by atoms with Gasteiger partial charge in [0.05, 0.1) is 6.54 Å². The van der Waals surface area contributed by atoms with Crippen LogP contribution in [0.5, 0.6) is 0 Å². The van der Waals surface area contributed by atoms with Gasteiger partial charge < -0.3 is 10.6 Å². The van der Waals surface area contributed by atoms with Gasteiger partial charge in [-0.05, 0) is 11.4 Å². The maximum absolute atomic E-state index is 12.6. The van der Waals surface area contributed by atoms with Gasteiger partial charge in [-0.3, -0.25) is 0 Å². The summed E-state index contributed by atoms with van der Waals surface area (Å²) in [4.78, 5) is 7.87. The van der Waals surface area contributed by atoms with Gasteiger partial charge in [0.15, 0.2) is 0 Å². The van der Waals surface area contributed by atoms with Crippen molar-refractivity contribution in [3.05, 3.63) is 34.3 Å². The molecule has 2 N–H and O–H groups in total. The fourth-order valence-corrected chi connectivity index (χ4v) is 2.03. The summed E-state index contributed by atoms with van der Waals surface area (Å²) in [5, 5.41) is 7.34. The molecule has 0 fully saturated rings. The summed E-state index contributed by atoms with van der Waals surface area (Å²) >= 11 is 1.52. The second kappa shape index (κ2) is 5.43. The predicted molar refractivity (Wildman–Crippen MR) is 68.2 cm³/mol. The van der Waals surface area contributed by atoms with E-state index in [1.807, 2.05) is 17.5 Å². The minimum atomic E-state index is -4.56. The Morgan fingerprint density at radius 2 is 2.00 bits per heavy atom. The number of hydrogen-bond donors (Lipinski definition) is 2. The van der Waals surface area contributed by atoms with E-state index in [0.29, 0.717) is 6.54 Å². The molecule has 0 aliphatic rings. The van der Waals surface area contributed by atoms with Crippen LogP contribution in [0.25, 0.3) is 0 Å². The van der Waals surface area contributed by atoms with E-state index in [0.717, 1.165) is 4.88 Å². The predicted octanol–water partition coefficient (Wildman–Crippen LogP) is 3.21. The zero-order valence-corrected chi connectivity index (χ0v) is 10.8. The van der Waals surface area contributed by atoms with Crippen LogP contribution in [0.15, 0.2) is 23.6 Å². The minimum absolute atomic E-state index is 0.121. The molecule has 2 rings (SSSR count). The van der Waals surface area contributed by atoms with Gasteiger partial charge >= 0.3 is 6.18 Å². The van der Waals surface area contributed by atoms with Crippen LogP contribution in [0.1, 0.15) is 10.7 Å². The molecule has 4 nitrogen and oxygen atoms in total. The normalized spacial score (nSPS) is 11.4. The molecule has 0 aromatic carbocycles. The number of thiophene rings is 1. The molecule has 0 saturated carbocycles. The molecule has 8 heteroatoms. The zero-order valence-electron chi connectivity index (χ0n) is 9.95. The van der Waals surface area contributed by atoms with Gasteiger partial charge in [0.2, 0.25) is 5.82 Å². The lowest BCUT2D eigenvalue weighted by Gasteiger charge is -2.10. The highest BCUT2D eigenvalue weighted by Gasteiger charge is 2.35. The molecule has 2 aromatic rings. The number of rotatable bonds is 4. The highest BCUT2D eigenvalue weighted by molar-refractivity contribution is 7.09. The molecular formula is C11H11F3N4S. The van der Waals surface area contributed by atoms with Crippen molar-refractivity contribution in [3.63, 3.8) is 0 Å². The SMILES string of the molecule is CNc1cc(NCc2cccs2)nc(C(F)(F)F)n1. The molecule has 0 aliphatic carbocycles. The largest absolute Gasteiger partial charge is 0.451 e. The molecule has 0 radical (unpaired) electrons. The molecule has 0 saturated heterocycles. The highest BCUT2D eigenvalue weighted by atomic mass is 32.1. The van der Waals surface area contributed by atoms with Crippen LogP contribution in [0.4, 0.5) is 24.8 Å². The summed E-state index contributed by atoms with van der Waals surface area (Å²) in [6, 6.07) is 5.20. The molecule has 0 bridgehead atoms. The van der Waals surface area contributed by atoms with Crippen LogP contribution < -0.4 is 10.6 Å². The number of alkyl halides is 3. The van der Waals surface area contributed by atoms with Crippen molar-refractivity contribution in [1.29, 1.82) is 0 Å². The molecule has 0 spiro atoms. The fourth-order valence-electron chi connectivity index (χ4n) is 1.38. The van der Waals surface area contributed by atoms with Gasteiger partial charge in [0, 0.05) is 18.0 Å². The van der Waals surface area contributed by atoms with E-state index >= 15 is 0 Å². The molecular weight excluding hydrogens is 277 g/mol. The van der Waals surface area contributed by atoms with Crippen LogP contribution in [-0.4, -0.2) is 17.0 Å². The van der Waals surface area contributed by atoms with Crippen molar-refractivity contribution in [2.45, 2.75) is 12.7 Å². The molecule has 0 aliphatic heterocycles. The Hall–Kier alpha value is -1.83. The van der Waals surface area contributed by atoms with Gasteiger partial charge in [-0.1, -0.05) is 6.07 Å². The van der Waals surface area contributed by atoms with Crippen molar-refractivity contribution in [1.82, 2.24) is 9.97 Å². The first-order valence-electron chi connectivity index (χ1n) is 5.39. The molecule has 2 aromatic heterocycles. The topological polar surface area (TPSA) is 49.8 Å². The van der Waals surface area contributed by atoms with E-state index in [9.17, 15) is 13.2 Å². The Kier molecular flexibility index (Phi) is 3.89. The summed E-state index contributed by atoms with van der Waals surface area (Å²) in [5.41, 5.74) is 0. The molecule has 2 heterocycles. The Balaban J connectivity index is 2.19. The fraction of sp³-hybridized carbons (Fsp3) is 0.273. The number of halogens is 3. The second-order valence-electron chi connectivity index (χ2n) is 3.64. The summed E-state index contributed by atoms with van der Waals surface area (Å²) in [5.74, 6) is -0.899. The monoisotopic (exact) mass is 288 g/mol. The van der Waals surface area contributed by atoms with Gasteiger partial charge in [-0.25, -0.2) is 9.97 Å². The first kappa shape index (κ1) is 13.6. The van der Waals surface area contributed by atoms with E-state index in [1.165, 1.54) is 24.5 Å². The lowest BCUT2D eigenvalue weighted by Crippen LogP contribution is -2.14. The first-order valence-corrected chi connectivity index (χ1v) is 6.27. The molecule has 0 atom stereocenters. The summed E-state index contributed by atoms with van der Waals surface area (Å²) < 4.78 is 37.9. The molecule has 19 heavy (non-hydrogen) atoms. The van der Waals surface area contributed by atoms with Crippen molar-refractivity contribution in [2.75, 3.05) is 17.7 Å². The maximum atomic E-state index is 12.6. The smallest absolute Gasteiger partial charge is 0.373 e. The number of aromatic nitrogens is 2. The Morgan fingerprint density at radius 1 is 1.26 bits per heavy atom. The third-order valence-corrected chi connectivity index (χ3v) is 3.14. The van der Waals surface area contributed by atoms with Crippen LogP contribution in [0.2, 0.25) is 0 Å². The quantitative estimate of drug-likeness (QED) is 0.907. The Labute approximate surface area is 111 Å². The van der Waals surface area contributed by atoms with Crippen LogP contribution in [0, 0.1) is 0 Å². The van der Waals surface area contributed by atoms with Crippen molar-refractivity contribution >= 4 is 23.0 Å². The molecule has 0 unspecified atom stereocenters. The number of nitrogens with zero attached hydrogens (tertiary/aromatic N) is 2. The molecule has 0 amide bonds.